The number of methoxy groups -OCH3 is 1. The van der Waals surface area contributed by atoms with Crippen molar-refractivity contribution >= 4 is 12.4 Å². The molecule has 0 aliphatic carbocycles. The van der Waals surface area contributed by atoms with E-state index < -0.39 is 0 Å². The summed E-state index contributed by atoms with van der Waals surface area (Å²) in [5.41, 5.74) is 2.00. The lowest BCUT2D eigenvalue weighted by atomic mass is 9.86. The van der Waals surface area contributed by atoms with Gasteiger partial charge in [-0.3, -0.25) is 0 Å². The zero-order valence-electron chi connectivity index (χ0n) is 13.1. The standard InChI is InChI=1S/C17H26N2O.ClH/c1-14(15-3-5-16(20-2)6-4-15)11-19-10-8-17(13-19)7-9-18-12-17;/h3-6,14,18H,7-13H2,1-2H3;1H. The summed E-state index contributed by atoms with van der Waals surface area (Å²) >= 11 is 0. The molecule has 3 nitrogen and oxygen atoms in total. The summed E-state index contributed by atoms with van der Waals surface area (Å²) in [6.07, 6.45) is 2.73. The van der Waals surface area contributed by atoms with Crippen molar-refractivity contribution in [3.8, 4) is 5.75 Å². The molecule has 0 amide bonds. The molecule has 1 N–H and O–H groups in total. The minimum absolute atomic E-state index is 0. The van der Waals surface area contributed by atoms with E-state index in [9.17, 15) is 0 Å². The Hall–Kier alpha value is -0.770. The Labute approximate surface area is 134 Å². The third kappa shape index (κ3) is 3.71. The van der Waals surface area contributed by atoms with Crippen molar-refractivity contribution in [2.45, 2.75) is 25.7 Å². The number of halogens is 1. The first-order valence-electron chi connectivity index (χ1n) is 7.78. The summed E-state index contributed by atoms with van der Waals surface area (Å²) in [6, 6.07) is 8.54. The van der Waals surface area contributed by atoms with Gasteiger partial charge in [-0.1, -0.05) is 19.1 Å². The second-order valence-electron chi connectivity index (χ2n) is 6.59. The zero-order chi connectivity index (χ0) is 14.0. The van der Waals surface area contributed by atoms with Gasteiger partial charge in [-0.05, 0) is 55.0 Å². The average Bonchev–Trinajstić information content (AvgIpc) is 3.09. The zero-order valence-corrected chi connectivity index (χ0v) is 13.9. The van der Waals surface area contributed by atoms with Crippen molar-refractivity contribution in [1.82, 2.24) is 10.2 Å². The second-order valence-corrected chi connectivity index (χ2v) is 6.59. The van der Waals surface area contributed by atoms with Gasteiger partial charge in [0.15, 0.2) is 0 Å². The first kappa shape index (κ1) is 16.6. The Kier molecular flexibility index (Phi) is 5.53. The van der Waals surface area contributed by atoms with Gasteiger partial charge in [0, 0.05) is 19.6 Å². The van der Waals surface area contributed by atoms with Gasteiger partial charge in [0.05, 0.1) is 7.11 Å². The molecule has 1 aromatic carbocycles. The lowest BCUT2D eigenvalue weighted by molar-refractivity contribution is 0.265. The maximum Gasteiger partial charge on any atom is 0.118 e. The molecule has 118 valence electrons. The molecular formula is C17H27ClN2O. The molecular weight excluding hydrogens is 284 g/mol. The van der Waals surface area contributed by atoms with Crippen molar-refractivity contribution in [3.63, 3.8) is 0 Å². The minimum Gasteiger partial charge on any atom is -0.497 e. The highest BCUT2D eigenvalue weighted by atomic mass is 35.5. The molecule has 3 rings (SSSR count). The first-order valence-corrected chi connectivity index (χ1v) is 7.78. The van der Waals surface area contributed by atoms with Crippen LogP contribution in [0.5, 0.6) is 5.75 Å². The SMILES string of the molecule is COc1ccc(C(C)CN2CCC3(CCNC3)C2)cc1.Cl. The van der Waals surface area contributed by atoms with Crippen molar-refractivity contribution in [2.75, 3.05) is 39.8 Å². The Morgan fingerprint density at radius 2 is 2.05 bits per heavy atom. The number of hydrogen-bond donors (Lipinski definition) is 1. The van der Waals surface area contributed by atoms with E-state index in [0.717, 1.165) is 5.75 Å². The van der Waals surface area contributed by atoms with Crippen LogP contribution in [0.25, 0.3) is 0 Å². The molecule has 0 saturated carbocycles. The van der Waals surface area contributed by atoms with Gasteiger partial charge >= 0.3 is 0 Å². The Morgan fingerprint density at radius 3 is 2.67 bits per heavy atom. The lowest BCUT2D eigenvalue weighted by Crippen LogP contribution is -2.31. The van der Waals surface area contributed by atoms with Crippen LogP contribution in [-0.2, 0) is 0 Å². The summed E-state index contributed by atoms with van der Waals surface area (Å²) in [4.78, 5) is 2.65. The van der Waals surface area contributed by atoms with Gasteiger partial charge < -0.3 is 15.0 Å². The fourth-order valence-corrected chi connectivity index (χ4v) is 3.75. The first-order chi connectivity index (χ1) is 9.71. The van der Waals surface area contributed by atoms with Crippen LogP contribution < -0.4 is 10.1 Å². The average molecular weight is 311 g/mol. The predicted octanol–water partition coefficient (Wildman–Crippen LogP) is 2.91. The number of nitrogens with zero attached hydrogens (tertiary/aromatic N) is 1. The van der Waals surface area contributed by atoms with Crippen molar-refractivity contribution in [3.05, 3.63) is 29.8 Å². The molecule has 2 aliphatic rings. The molecule has 1 spiro atoms. The third-order valence-corrected chi connectivity index (χ3v) is 5.07. The number of rotatable bonds is 4. The molecule has 2 aliphatic heterocycles. The minimum atomic E-state index is 0. The van der Waals surface area contributed by atoms with Gasteiger partial charge in [0.2, 0.25) is 0 Å². The normalized spacial score (nSPS) is 26.8. The fourth-order valence-electron chi connectivity index (χ4n) is 3.75. The van der Waals surface area contributed by atoms with E-state index in [0.29, 0.717) is 11.3 Å². The summed E-state index contributed by atoms with van der Waals surface area (Å²) in [6.45, 7) is 8.48. The highest BCUT2D eigenvalue weighted by molar-refractivity contribution is 5.85. The quantitative estimate of drug-likeness (QED) is 0.925. The highest BCUT2D eigenvalue weighted by Crippen LogP contribution is 2.36. The van der Waals surface area contributed by atoms with Crippen LogP contribution in [0.2, 0.25) is 0 Å². The Bertz CT molecular complexity index is 443. The van der Waals surface area contributed by atoms with E-state index in [1.165, 1.54) is 51.1 Å². The van der Waals surface area contributed by atoms with Crippen LogP contribution in [-0.4, -0.2) is 44.7 Å². The van der Waals surface area contributed by atoms with Gasteiger partial charge in [-0.2, -0.15) is 0 Å². The van der Waals surface area contributed by atoms with Gasteiger partial charge in [-0.25, -0.2) is 0 Å². The predicted molar refractivity (Wildman–Crippen MR) is 89.6 cm³/mol. The summed E-state index contributed by atoms with van der Waals surface area (Å²) < 4.78 is 5.23. The summed E-state index contributed by atoms with van der Waals surface area (Å²) in [7, 11) is 1.72. The molecule has 21 heavy (non-hydrogen) atoms. The Balaban J connectivity index is 0.00000161. The monoisotopic (exact) mass is 310 g/mol. The Morgan fingerprint density at radius 1 is 1.29 bits per heavy atom. The molecule has 2 atom stereocenters. The number of ether oxygens (including phenoxy) is 1. The molecule has 2 heterocycles. The topological polar surface area (TPSA) is 24.5 Å². The van der Waals surface area contributed by atoms with Crippen molar-refractivity contribution in [2.24, 2.45) is 5.41 Å². The van der Waals surface area contributed by atoms with Crippen molar-refractivity contribution < 1.29 is 4.74 Å². The summed E-state index contributed by atoms with van der Waals surface area (Å²) in [5, 5.41) is 3.53. The van der Waals surface area contributed by atoms with E-state index in [-0.39, 0.29) is 12.4 Å². The van der Waals surface area contributed by atoms with Gasteiger partial charge in [0.1, 0.15) is 5.75 Å². The maximum absolute atomic E-state index is 5.23. The lowest BCUT2D eigenvalue weighted by Gasteiger charge is -2.25. The van der Waals surface area contributed by atoms with E-state index in [1.54, 1.807) is 7.11 Å². The second kappa shape index (κ2) is 6.99. The van der Waals surface area contributed by atoms with Gasteiger partial charge in [0.25, 0.3) is 0 Å². The summed E-state index contributed by atoms with van der Waals surface area (Å²) in [5.74, 6) is 1.53. The number of nitrogens with one attached hydrogen (secondary N) is 1. The van der Waals surface area contributed by atoms with Crippen LogP contribution in [0.3, 0.4) is 0 Å². The van der Waals surface area contributed by atoms with E-state index in [4.69, 9.17) is 4.74 Å². The highest BCUT2D eigenvalue weighted by Gasteiger charge is 2.40. The number of likely N-dealkylation sites (tertiary alicyclic amines) is 1. The third-order valence-electron chi connectivity index (χ3n) is 5.07. The fraction of sp³-hybridized carbons (Fsp3) is 0.647. The largest absolute Gasteiger partial charge is 0.497 e. The van der Waals surface area contributed by atoms with Crippen LogP contribution in [0.1, 0.15) is 31.2 Å². The molecule has 1 aromatic rings. The van der Waals surface area contributed by atoms with Crippen LogP contribution in [0, 0.1) is 5.41 Å². The van der Waals surface area contributed by atoms with E-state index in [2.05, 4.69) is 41.4 Å². The van der Waals surface area contributed by atoms with E-state index >= 15 is 0 Å². The molecule has 4 heteroatoms. The molecule has 2 unspecified atom stereocenters. The molecule has 2 fully saturated rings. The maximum atomic E-state index is 5.23. The number of benzene rings is 1. The molecule has 2 saturated heterocycles. The van der Waals surface area contributed by atoms with Crippen LogP contribution in [0.4, 0.5) is 0 Å². The number of hydrogen-bond acceptors (Lipinski definition) is 3. The van der Waals surface area contributed by atoms with Crippen LogP contribution in [0.15, 0.2) is 24.3 Å². The van der Waals surface area contributed by atoms with Crippen LogP contribution >= 0.6 is 12.4 Å². The van der Waals surface area contributed by atoms with E-state index in [1.807, 2.05) is 0 Å². The molecule has 0 bridgehead atoms. The van der Waals surface area contributed by atoms with Crippen molar-refractivity contribution in [1.29, 1.82) is 0 Å². The molecule has 0 aromatic heterocycles. The molecule has 0 radical (unpaired) electrons. The smallest absolute Gasteiger partial charge is 0.118 e. The van der Waals surface area contributed by atoms with Gasteiger partial charge in [-0.15, -0.1) is 12.4 Å².